The molecule has 4 N–H and O–H groups in total. The number of halogens is 1. The average molecular weight is 326 g/mol. The van der Waals surface area contributed by atoms with Crippen molar-refractivity contribution in [3.05, 3.63) is 59.5 Å². The highest BCUT2D eigenvalue weighted by atomic mass is 19.1. The van der Waals surface area contributed by atoms with E-state index in [0.29, 0.717) is 16.7 Å². The summed E-state index contributed by atoms with van der Waals surface area (Å²) >= 11 is 0. The fourth-order valence-corrected chi connectivity index (χ4v) is 2.39. The molecular formula is C16H11FN4O3. The summed E-state index contributed by atoms with van der Waals surface area (Å²) in [5, 5.41) is 18.9. The van der Waals surface area contributed by atoms with Gasteiger partial charge in [-0.15, -0.1) is 0 Å². The predicted molar refractivity (Wildman–Crippen MR) is 82.7 cm³/mol. The standard InChI is InChI=1S/C16H11FN4O3/c17-12-7-8(5-6-11(12)16(23)24)9-3-1-2-4-10(9)13-14(15(18)22)20-21-19-13/h1-7H,(H2,18,22)(H,23,24)(H,19,20,21). The van der Waals surface area contributed by atoms with E-state index in [9.17, 15) is 14.0 Å². The second kappa shape index (κ2) is 5.92. The van der Waals surface area contributed by atoms with Crippen molar-refractivity contribution in [2.45, 2.75) is 0 Å². The Morgan fingerprint density at radius 3 is 2.42 bits per heavy atom. The average Bonchev–Trinajstić information content (AvgIpc) is 3.04. The van der Waals surface area contributed by atoms with Gasteiger partial charge in [0.15, 0.2) is 5.69 Å². The number of primary amides is 1. The van der Waals surface area contributed by atoms with Crippen LogP contribution in [0.1, 0.15) is 20.8 Å². The number of benzene rings is 2. The third-order valence-corrected chi connectivity index (χ3v) is 3.47. The Labute approximate surface area is 134 Å². The number of nitrogens with two attached hydrogens (primary N) is 1. The minimum absolute atomic E-state index is 0.0370. The first-order valence-electron chi connectivity index (χ1n) is 6.82. The summed E-state index contributed by atoms with van der Waals surface area (Å²) in [6.07, 6.45) is 0. The molecule has 0 bridgehead atoms. The fraction of sp³-hybridized carbons (Fsp3) is 0. The summed E-state index contributed by atoms with van der Waals surface area (Å²) in [5.41, 5.74) is 6.57. The zero-order chi connectivity index (χ0) is 17.3. The molecule has 0 fully saturated rings. The van der Waals surface area contributed by atoms with Gasteiger partial charge in [0.2, 0.25) is 0 Å². The van der Waals surface area contributed by atoms with Crippen molar-refractivity contribution in [2.75, 3.05) is 0 Å². The van der Waals surface area contributed by atoms with Gasteiger partial charge in [0.1, 0.15) is 11.5 Å². The normalized spacial score (nSPS) is 10.5. The molecule has 0 spiro atoms. The maximum atomic E-state index is 14.0. The van der Waals surface area contributed by atoms with Crippen molar-refractivity contribution in [1.29, 1.82) is 0 Å². The Kier molecular flexibility index (Phi) is 3.78. The molecule has 0 aliphatic carbocycles. The minimum atomic E-state index is -1.35. The smallest absolute Gasteiger partial charge is 0.338 e. The Bertz CT molecular complexity index is 952. The predicted octanol–water partition coefficient (Wildman–Crippen LogP) is 2.07. The molecule has 0 aliphatic heterocycles. The fourth-order valence-electron chi connectivity index (χ4n) is 2.39. The number of hydrogen-bond acceptors (Lipinski definition) is 4. The summed E-state index contributed by atoms with van der Waals surface area (Å²) in [4.78, 5) is 22.4. The zero-order valence-electron chi connectivity index (χ0n) is 12.2. The lowest BCUT2D eigenvalue weighted by molar-refractivity contribution is 0.0691. The van der Waals surface area contributed by atoms with E-state index in [0.717, 1.165) is 6.07 Å². The van der Waals surface area contributed by atoms with E-state index in [1.807, 2.05) is 0 Å². The van der Waals surface area contributed by atoms with Crippen molar-refractivity contribution in [1.82, 2.24) is 15.4 Å². The number of aromatic nitrogens is 3. The number of carboxylic acid groups (broad SMARTS) is 1. The van der Waals surface area contributed by atoms with E-state index in [2.05, 4.69) is 15.4 Å². The van der Waals surface area contributed by atoms with Crippen LogP contribution in [0.15, 0.2) is 42.5 Å². The van der Waals surface area contributed by atoms with Crippen LogP contribution < -0.4 is 5.73 Å². The number of amides is 1. The third kappa shape index (κ3) is 2.60. The molecule has 3 rings (SSSR count). The molecule has 24 heavy (non-hydrogen) atoms. The molecule has 1 aromatic heterocycles. The molecule has 1 heterocycles. The number of carbonyl (C=O) groups is 2. The highest BCUT2D eigenvalue weighted by Crippen LogP contribution is 2.32. The summed E-state index contributed by atoms with van der Waals surface area (Å²) in [6.45, 7) is 0. The monoisotopic (exact) mass is 326 g/mol. The number of aromatic carboxylic acids is 1. The molecule has 1 amide bonds. The topological polar surface area (TPSA) is 122 Å². The van der Waals surface area contributed by atoms with Crippen molar-refractivity contribution in [2.24, 2.45) is 5.73 Å². The molecule has 7 nitrogen and oxygen atoms in total. The van der Waals surface area contributed by atoms with Crippen molar-refractivity contribution < 1.29 is 19.1 Å². The van der Waals surface area contributed by atoms with E-state index in [-0.39, 0.29) is 11.4 Å². The highest BCUT2D eigenvalue weighted by Gasteiger charge is 2.19. The van der Waals surface area contributed by atoms with E-state index in [1.54, 1.807) is 24.3 Å². The number of aromatic amines is 1. The second-order valence-corrected chi connectivity index (χ2v) is 4.93. The second-order valence-electron chi connectivity index (χ2n) is 4.93. The number of carboxylic acids is 1. The van der Waals surface area contributed by atoms with Gasteiger partial charge in [0.05, 0.1) is 5.56 Å². The van der Waals surface area contributed by atoms with Crippen LogP contribution in [-0.4, -0.2) is 32.4 Å². The summed E-state index contributed by atoms with van der Waals surface area (Å²) in [6, 6.07) is 10.6. The molecule has 0 radical (unpaired) electrons. The Hall–Kier alpha value is -3.55. The molecule has 0 atom stereocenters. The van der Waals surface area contributed by atoms with Crippen LogP contribution in [0.2, 0.25) is 0 Å². The van der Waals surface area contributed by atoms with Crippen molar-refractivity contribution in [3.63, 3.8) is 0 Å². The van der Waals surface area contributed by atoms with Crippen LogP contribution in [0.25, 0.3) is 22.4 Å². The maximum Gasteiger partial charge on any atom is 0.338 e. The van der Waals surface area contributed by atoms with Gasteiger partial charge in [0, 0.05) is 5.56 Å². The summed E-state index contributed by atoms with van der Waals surface area (Å²) in [5.74, 6) is -2.95. The Balaban J connectivity index is 2.17. The highest BCUT2D eigenvalue weighted by molar-refractivity contribution is 5.99. The van der Waals surface area contributed by atoms with Gasteiger partial charge in [-0.05, 0) is 23.3 Å². The van der Waals surface area contributed by atoms with E-state index < -0.39 is 23.3 Å². The molecule has 0 saturated carbocycles. The van der Waals surface area contributed by atoms with Gasteiger partial charge in [-0.1, -0.05) is 30.3 Å². The number of nitrogens with zero attached hydrogens (tertiary/aromatic N) is 2. The van der Waals surface area contributed by atoms with Gasteiger partial charge >= 0.3 is 5.97 Å². The molecule has 120 valence electrons. The summed E-state index contributed by atoms with van der Waals surface area (Å²) in [7, 11) is 0. The summed E-state index contributed by atoms with van der Waals surface area (Å²) < 4.78 is 14.0. The first kappa shape index (κ1) is 15.3. The van der Waals surface area contributed by atoms with Gasteiger partial charge in [-0.25, -0.2) is 9.18 Å². The molecule has 0 saturated heterocycles. The number of carbonyl (C=O) groups excluding carboxylic acids is 1. The molecule has 0 aliphatic rings. The number of hydrogen-bond donors (Lipinski definition) is 3. The molecule has 8 heteroatoms. The van der Waals surface area contributed by atoms with Crippen LogP contribution in [0, 0.1) is 5.82 Å². The first-order valence-corrected chi connectivity index (χ1v) is 6.82. The number of rotatable bonds is 4. The Morgan fingerprint density at radius 2 is 1.79 bits per heavy atom. The van der Waals surface area contributed by atoms with Gasteiger partial charge in [-0.2, -0.15) is 15.4 Å². The van der Waals surface area contributed by atoms with Gasteiger partial charge in [-0.3, -0.25) is 4.79 Å². The Morgan fingerprint density at radius 1 is 1.08 bits per heavy atom. The SMILES string of the molecule is NC(=O)c1n[nH]nc1-c1ccccc1-c1ccc(C(=O)O)c(F)c1. The van der Waals surface area contributed by atoms with E-state index >= 15 is 0 Å². The number of H-pyrrole nitrogens is 1. The van der Waals surface area contributed by atoms with E-state index in [1.165, 1.54) is 12.1 Å². The van der Waals surface area contributed by atoms with Gasteiger partial charge < -0.3 is 10.8 Å². The minimum Gasteiger partial charge on any atom is -0.478 e. The lowest BCUT2D eigenvalue weighted by Gasteiger charge is -2.09. The number of nitrogens with one attached hydrogen (secondary N) is 1. The zero-order valence-corrected chi connectivity index (χ0v) is 12.2. The lowest BCUT2D eigenvalue weighted by Crippen LogP contribution is -2.12. The molecular weight excluding hydrogens is 315 g/mol. The van der Waals surface area contributed by atoms with Crippen molar-refractivity contribution in [3.8, 4) is 22.4 Å². The molecule has 0 unspecified atom stereocenters. The van der Waals surface area contributed by atoms with Crippen LogP contribution in [0.3, 0.4) is 0 Å². The first-order chi connectivity index (χ1) is 11.5. The third-order valence-electron chi connectivity index (χ3n) is 3.47. The van der Waals surface area contributed by atoms with Crippen LogP contribution in [-0.2, 0) is 0 Å². The largest absolute Gasteiger partial charge is 0.478 e. The quantitative estimate of drug-likeness (QED) is 0.677. The maximum absolute atomic E-state index is 14.0. The molecule has 2 aromatic carbocycles. The van der Waals surface area contributed by atoms with Crippen molar-refractivity contribution >= 4 is 11.9 Å². The van der Waals surface area contributed by atoms with Crippen LogP contribution in [0.5, 0.6) is 0 Å². The molecule has 3 aromatic rings. The van der Waals surface area contributed by atoms with Crippen LogP contribution in [0.4, 0.5) is 4.39 Å². The van der Waals surface area contributed by atoms with Gasteiger partial charge in [0.25, 0.3) is 5.91 Å². The van der Waals surface area contributed by atoms with E-state index in [4.69, 9.17) is 10.8 Å². The van der Waals surface area contributed by atoms with Crippen LogP contribution >= 0.6 is 0 Å². The lowest BCUT2D eigenvalue weighted by atomic mass is 9.96.